The molecule has 3 aromatic rings. The largest absolute Gasteiger partial charge is 0.423 e. The minimum atomic E-state index is -0.309. The van der Waals surface area contributed by atoms with E-state index >= 15 is 0 Å². The topological polar surface area (TPSA) is 82.4 Å². The highest BCUT2D eigenvalue weighted by Crippen LogP contribution is 2.35. The van der Waals surface area contributed by atoms with Crippen molar-refractivity contribution in [1.82, 2.24) is 24.8 Å². The van der Waals surface area contributed by atoms with Crippen molar-refractivity contribution in [3.63, 3.8) is 0 Å². The molecule has 1 aliphatic rings. The van der Waals surface area contributed by atoms with E-state index in [0.29, 0.717) is 33.6 Å². The fourth-order valence-corrected chi connectivity index (χ4v) is 3.89. The zero-order valence-corrected chi connectivity index (χ0v) is 18.2. The summed E-state index contributed by atoms with van der Waals surface area (Å²) in [7, 11) is 4.78. The van der Waals surface area contributed by atoms with E-state index in [4.69, 9.17) is 32.8 Å². The molecule has 30 heavy (non-hydrogen) atoms. The predicted octanol–water partition coefficient (Wildman–Crippen LogP) is 4.10. The van der Waals surface area contributed by atoms with E-state index in [1.54, 1.807) is 43.2 Å². The Morgan fingerprint density at radius 1 is 1.27 bits per heavy atom. The molecule has 2 aromatic heterocycles. The molecule has 0 saturated carbocycles. The van der Waals surface area contributed by atoms with Crippen molar-refractivity contribution in [1.29, 1.82) is 0 Å². The second kappa shape index (κ2) is 8.22. The number of ether oxygens (including phenoxy) is 1. The number of carbonyl (C=O) groups is 1. The predicted molar refractivity (Wildman–Crippen MR) is 112 cm³/mol. The summed E-state index contributed by atoms with van der Waals surface area (Å²) >= 11 is 12.1. The molecular formula is C20H19Cl2N5O3. The molecule has 0 aliphatic heterocycles. The molecule has 156 valence electrons. The van der Waals surface area contributed by atoms with Crippen LogP contribution < -0.4 is 4.74 Å². The third kappa shape index (κ3) is 3.74. The van der Waals surface area contributed by atoms with Crippen LogP contribution in [0.15, 0.2) is 24.4 Å². The summed E-state index contributed by atoms with van der Waals surface area (Å²) in [5.41, 5.74) is 3.60. The Hall–Kier alpha value is -2.68. The monoisotopic (exact) mass is 447 g/mol. The summed E-state index contributed by atoms with van der Waals surface area (Å²) in [6.07, 6.45) is 4.05. The van der Waals surface area contributed by atoms with Crippen LogP contribution in [0.2, 0.25) is 10.0 Å². The average Bonchev–Trinajstić information content (AvgIpc) is 2.93. The van der Waals surface area contributed by atoms with Crippen LogP contribution in [-0.2, 0) is 24.7 Å². The lowest BCUT2D eigenvalue weighted by Crippen LogP contribution is -2.26. The summed E-state index contributed by atoms with van der Waals surface area (Å²) in [5, 5.41) is 6.47. The van der Waals surface area contributed by atoms with E-state index in [1.165, 1.54) is 7.11 Å². The Morgan fingerprint density at radius 2 is 2.07 bits per heavy atom. The summed E-state index contributed by atoms with van der Waals surface area (Å²) < 4.78 is 7.47. The lowest BCUT2D eigenvalue weighted by atomic mass is 10.1. The Morgan fingerprint density at radius 3 is 2.80 bits per heavy atom. The first kappa shape index (κ1) is 20.6. The zero-order chi connectivity index (χ0) is 21.4. The molecule has 0 saturated heterocycles. The molecule has 0 fully saturated rings. The SMILES string of the molecule is CON(C)C(=O)c1nn(C)c2c1CCCc1cnc(Oc3ccc(Cl)cc3Cl)nc1-2. The van der Waals surface area contributed by atoms with Gasteiger partial charge in [0, 0.05) is 30.9 Å². The number of hydrogen-bond donors (Lipinski definition) is 0. The van der Waals surface area contributed by atoms with Crippen molar-refractivity contribution in [2.75, 3.05) is 14.2 Å². The summed E-state index contributed by atoms with van der Waals surface area (Å²) in [6.45, 7) is 0. The first-order valence-electron chi connectivity index (χ1n) is 9.26. The maximum absolute atomic E-state index is 12.7. The Bertz CT molecular complexity index is 1130. The maximum Gasteiger partial charge on any atom is 0.322 e. The molecule has 8 nitrogen and oxygen atoms in total. The number of halogens is 2. The highest BCUT2D eigenvalue weighted by Gasteiger charge is 2.29. The Kier molecular flexibility index (Phi) is 5.64. The zero-order valence-electron chi connectivity index (χ0n) is 16.6. The number of aryl methyl sites for hydroxylation is 2. The standard InChI is InChI=1S/C20H19Cl2N5O3/c1-26-18-13(17(25-26)19(28)27(2)29-3)6-4-5-11-10-23-20(24-16(11)18)30-15-8-7-12(21)9-14(15)22/h7-10H,4-6H2,1-3H3. The molecule has 0 unspecified atom stereocenters. The lowest BCUT2D eigenvalue weighted by Gasteiger charge is -2.12. The molecule has 0 radical (unpaired) electrons. The van der Waals surface area contributed by atoms with Gasteiger partial charge in [0.05, 0.1) is 23.5 Å². The van der Waals surface area contributed by atoms with Gasteiger partial charge in [-0.2, -0.15) is 10.1 Å². The fraction of sp³-hybridized carbons (Fsp3) is 0.300. The molecule has 1 aliphatic carbocycles. The summed E-state index contributed by atoms with van der Waals surface area (Å²) in [5.74, 6) is 0.0914. The molecule has 2 heterocycles. The van der Waals surface area contributed by atoms with E-state index < -0.39 is 0 Å². The van der Waals surface area contributed by atoms with E-state index in [9.17, 15) is 4.79 Å². The van der Waals surface area contributed by atoms with Crippen LogP contribution in [0.25, 0.3) is 11.4 Å². The number of fused-ring (bicyclic) bond motifs is 3. The number of aromatic nitrogens is 4. The van der Waals surface area contributed by atoms with Gasteiger partial charge in [-0.25, -0.2) is 10.0 Å². The van der Waals surface area contributed by atoms with Crippen molar-refractivity contribution in [2.24, 2.45) is 7.05 Å². The van der Waals surface area contributed by atoms with Crippen molar-refractivity contribution in [3.05, 3.63) is 51.3 Å². The first-order valence-corrected chi connectivity index (χ1v) is 10.0. The second-order valence-electron chi connectivity index (χ2n) is 6.84. The molecule has 0 atom stereocenters. The minimum absolute atomic E-state index is 0.147. The average molecular weight is 448 g/mol. The number of nitrogens with zero attached hydrogens (tertiary/aromatic N) is 5. The van der Waals surface area contributed by atoms with Crippen LogP contribution in [0.5, 0.6) is 11.8 Å². The van der Waals surface area contributed by atoms with Gasteiger partial charge >= 0.3 is 6.01 Å². The van der Waals surface area contributed by atoms with Crippen LogP contribution in [0.1, 0.15) is 28.0 Å². The number of carbonyl (C=O) groups excluding carboxylic acids is 1. The van der Waals surface area contributed by atoms with Gasteiger partial charge in [0.1, 0.15) is 5.75 Å². The third-order valence-electron chi connectivity index (χ3n) is 4.94. The van der Waals surface area contributed by atoms with E-state index in [2.05, 4.69) is 15.1 Å². The van der Waals surface area contributed by atoms with Gasteiger partial charge in [-0.3, -0.25) is 14.3 Å². The quantitative estimate of drug-likeness (QED) is 0.559. The van der Waals surface area contributed by atoms with E-state index in [0.717, 1.165) is 34.7 Å². The lowest BCUT2D eigenvalue weighted by molar-refractivity contribution is -0.0761. The van der Waals surface area contributed by atoms with Gasteiger partial charge in [0.15, 0.2) is 5.69 Å². The van der Waals surface area contributed by atoms with E-state index in [1.807, 2.05) is 0 Å². The molecule has 1 amide bonds. The van der Waals surface area contributed by atoms with Crippen LogP contribution >= 0.6 is 23.2 Å². The molecule has 0 N–H and O–H groups in total. The van der Waals surface area contributed by atoms with Crippen molar-refractivity contribution in [3.8, 4) is 23.1 Å². The van der Waals surface area contributed by atoms with Crippen LogP contribution in [0.3, 0.4) is 0 Å². The molecular weight excluding hydrogens is 429 g/mol. The Labute approximate surface area is 183 Å². The molecule has 1 aromatic carbocycles. The van der Waals surface area contributed by atoms with Gasteiger partial charge in [0.2, 0.25) is 0 Å². The Balaban J connectivity index is 1.78. The molecule has 0 bridgehead atoms. The first-order chi connectivity index (χ1) is 14.4. The number of benzene rings is 1. The van der Waals surface area contributed by atoms with Crippen molar-refractivity contribution in [2.45, 2.75) is 19.3 Å². The molecule has 10 heteroatoms. The summed E-state index contributed by atoms with van der Waals surface area (Å²) in [4.78, 5) is 26.7. The normalized spacial score (nSPS) is 12.7. The van der Waals surface area contributed by atoms with Crippen molar-refractivity contribution < 1.29 is 14.4 Å². The molecule has 0 spiro atoms. The number of rotatable bonds is 4. The number of hydrogen-bond acceptors (Lipinski definition) is 6. The third-order valence-corrected chi connectivity index (χ3v) is 5.47. The number of hydroxylamine groups is 2. The van der Waals surface area contributed by atoms with Crippen molar-refractivity contribution >= 4 is 29.1 Å². The van der Waals surface area contributed by atoms with Gasteiger partial charge in [-0.05, 0) is 43.0 Å². The van der Waals surface area contributed by atoms with E-state index in [-0.39, 0.29) is 11.9 Å². The smallest absolute Gasteiger partial charge is 0.322 e. The van der Waals surface area contributed by atoms with Crippen LogP contribution in [0, 0.1) is 0 Å². The highest BCUT2D eigenvalue weighted by atomic mass is 35.5. The second-order valence-corrected chi connectivity index (χ2v) is 7.68. The number of amides is 1. The van der Waals surface area contributed by atoms with Crippen LogP contribution in [-0.4, -0.2) is 44.9 Å². The van der Waals surface area contributed by atoms with Gasteiger partial charge in [-0.15, -0.1) is 0 Å². The fourth-order valence-electron chi connectivity index (χ4n) is 3.44. The maximum atomic E-state index is 12.7. The summed E-state index contributed by atoms with van der Waals surface area (Å²) in [6, 6.07) is 5.07. The van der Waals surface area contributed by atoms with Crippen LogP contribution in [0.4, 0.5) is 0 Å². The van der Waals surface area contributed by atoms with Gasteiger partial charge < -0.3 is 4.74 Å². The van der Waals surface area contributed by atoms with Gasteiger partial charge in [0.25, 0.3) is 5.91 Å². The minimum Gasteiger partial charge on any atom is -0.423 e. The molecule has 4 rings (SSSR count). The van der Waals surface area contributed by atoms with Gasteiger partial charge in [-0.1, -0.05) is 23.2 Å². The highest BCUT2D eigenvalue weighted by molar-refractivity contribution is 6.35.